The number of halogens is 1. The topological polar surface area (TPSA) is 113 Å². The molecule has 0 unspecified atom stereocenters. The molecule has 0 saturated carbocycles. The van der Waals surface area contributed by atoms with Gasteiger partial charge in [-0.15, -0.1) is 11.6 Å². The van der Waals surface area contributed by atoms with Gasteiger partial charge < -0.3 is 19.5 Å². The Bertz CT molecular complexity index is 748. The summed E-state index contributed by atoms with van der Waals surface area (Å²) in [6, 6.07) is 0. The van der Waals surface area contributed by atoms with E-state index in [0.717, 1.165) is 0 Å². The summed E-state index contributed by atoms with van der Waals surface area (Å²) in [4.78, 5) is 7.00. The fraction of sp³-hybridized carbons (Fsp3) is 0.429. The number of aliphatic hydroxyl groups excluding tert-OH is 2. The summed E-state index contributed by atoms with van der Waals surface area (Å²) in [6.45, 7) is 5.01. The first kappa shape index (κ1) is 16.2. The standard InChI is InChI=1S/C14H17ClN4O4/c1-3-7-4-19(12-9(7)11(18-22)16-6-17-12)13-14(2,15)10(21)8(5-20)23-13/h3-4,6,8,10,13,20-22H,1,5H2,2H3,(H,16,17,18)/t8-,10-,13-,14-/m1/s1. The quantitative estimate of drug-likeness (QED) is 0.487. The van der Waals surface area contributed by atoms with Crippen LogP contribution >= 0.6 is 11.6 Å². The van der Waals surface area contributed by atoms with Gasteiger partial charge in [0.15, 0.2) is 12.0 Å². The Hall–Kier alpha value is -1.71. The van der Waals surface area contributed by atoms with Crippen molar-refractivity contribution in [1.29, 1.82) is 0 Å². The Morgan fingerprint density at radius 2 is 2.30 bits per heavy atom. The van der Waals surface area contributed by atoms with Gasteiger partial charge in [-0.1, -0.05) is 12.7 Å². The molecule has 1 aliphatic heterocycles. The van der Waals surface area contributed by atoms with Gasteiger partial charge in [-0.25, -0.2) is 9.97 Å². The van der Waals surface area contributed by atoms with E-state index in [1.54, 1.807) is 23.8 Å². The molecule has 3 rings (SSSR count). The second kappa shape index (κ2) is 5.73. The first-order valence-electron chi connectivity index (χ1n) is 6.97. The number of alkyl halides is 1. The van der Waals surface area contributed by atoms with Crippen LogP contribution in [0.25, 0.3) is 17.1 Å². The number of aliphatic hydroxyl groups is 2. The molecule has 0 aromatic carbocycles. The summed E-state index contributed by atoms with van der Waals surface area (Å²) in [5.74, 6) is 0.220. The van der Waals surface area contributed by atoms with E-state index in [-0.39, 0.29) is 12.4 Å². The number of hydrogen-bond donors (Lipinski definition) is 4. The molecule has 2 aromatic rings. The molecule has 23 heavy (non-hydrogen) atoms. The molecular formula is C14H17ClN4O4. The smallest absolute Gasteiger partial charge is 0.163 e. The highest BCUT2D eigenvalue weighted by Crippen LogP contribution is 2.45. The molecule has 4 N–H and O–H groups in total. The highest BCUT2D eigenvalue weighted by molar-refractivity contribution is 6.24. The number of nitrogens with one attached hydrogen (secondary N) is 1. The molecule has 3 heterocycles. The molecule has 0 amide bonds. The van der Waals surface area contributed by atoms with Crippen LogP contribution in [0.5, 0.6) is 0 Å². The van der Waals surface area contributed by atoms with Crippen LogP contribution < -0.4 is 5.48 Å². The summed E-state index contributed by atoms with van der Waals surface area (Å²) in [5.41, 5.74) is 3.14. The number of nitrogens with zero attached hydrogens (tertiary/aromatic N) is 3. The second-order valence-electron chi connectivity index (χ2n) is 5.53. The van der Waals surface area contributed by atoms with Crippen LogP contribution in [0, 0.1) is 0 Å². The lowest BCUT2D eigenvalue weighted by molar-refractivity contribution is -0.0439. The summed E-state index contributed by atoms with van der Waals surface area (Å²) < 4.78 is 7.36. The zero-order valence-corrected chi connectivity index (χ0v) is 13.1. The lowest BCUT2D eigenvalue weighted by atomic mass is 10.0. The lowest BCUT2D eigenvalue weighted by Gasteiger charge is -2.26. The fourth-order valence-corrected chi connectivity index (χ4v) is 3.19. The van der Waals surface area contributed by atoms with Crippen molar-refractivity contribution in [2.45, 2.75) is 30.2 Å². The monoisotopic (exact) mass is 340 g/mol. The van der Waals surface area contributed by atoms with E-state index in [0.29, 0.717) is 16.6 Å². The molecule has 124 valence electrons. The summed E-state index contributed by atoms with van der Waals surface area (Å²) >= 11 is 6.48. The average molecular weight is 341 g/mol. The SMILES string of the molecule is C=Cc1cn([C@@H]2O[C@H](CO)[C@@H](O)[C@@]2(C)Cl)c2ncnc(NO)c12. The molecule has 1 saturated heterocycles. The predicted octanol–water partition coefficient (Wildman–Crippen LogP) is 1.12. The van der Waals surface area contributed by atoms with Crippen LogP contribution in [0.4, 0.5) is 5.82 Å². The van der Waals surface area contributed by atoms with Crippen molar-refractivity contribution in [3.63, 3.8) is 0 Å². The number of anilines is 1. The molecule has 1 aliphatic rings. The van der Waals surface area contributed by atoms with Crippen molar-refractivity contribution in [3.05, 3.63) is 24.7 Å². The Morgan fingerprint density at radius 1 is 1.57 bits per heavy atom. The zero-order valence-electron chi connectivity index (χ0n) is 12.3. The molecular weight excluding hydrogens is 324 g/mol. The van der Waals surface area contributed by atoms with Gasteiger partial charge in [0.1, 0.15) is 29.1 Å². The third kappa shape index (κ3) is 2.30. The molecule has 0 bridgehead atoms. The van der Waals surface area contributed by atoms with E-state index in [1.165, 1.54) is 6.33 Å². The van der Waals surface area contributed by atoms with E-state index in [4.69, 9.17) is 16.3 Å². The van der Waals surface area contributed by atoms with E-state index in [9.17, 15) is 15.4 Å². The van der Waals surface area contributed by atoms with Crippen LogP contribution in [0.15, 0.2) is 19.1 Å². The number of ether oxygens (including phenoxy) is 1. The fourth-order valence-electron chi connectivity index (χ4n) is 2.89. The highest BCUT2D eigenvalue weighted by Gasteiger charge is 2.53. The van der Waals surface area contributed by atoms with Gasteiger partial charge >= 0.3 is 0 Å². The third-order valence-corrected chi connectivity index (χ3v) is 4.52. The normalized spacial score (nSPS) is 30.7. The predicted molar refractivity (Wildman–Crippen MR) is 84.3 cm³/mol. The van der Waals surface area contributed by atoms with Crippen molar-refractivity contribution in [2.75, 3.05) is 12.1 Å². The molecule has 1 fully saturated rings. The van der Waals surface area contributed by atoms with Gasteiger partial charge in [-0.2, -0.15) is 0 Å². The Kier molecular flexibility index (Phi) is 4.03. The van der Waals surface area contributed by atoms with Gasteiger partial charge in [-0.3, -0.25) is 10.7 Å². The van der Waals surface area contributed by atoms with E-state index >= 15 is 0 Å². The summed E-state index contributed by atoms with van der Waals surface area (Å²) in [5, 5.41) is 29.4. The van der Waals surface area contributed by atoms with Crippen LogP contribution in [-0.2, 0) is 4.74 Å². The number of aromatic nitrogens is 3. The van der Waals surface area contributed by atoms with Crippen molar-refractivity contribution in [1.82, 2.24) is 14.5 Å². The van der Waals surface area contributed by atoms with Crippen LogP contribution in [0.2, 0.25) is 0 Å². The minimum absolute atomic E-state index is 0.220. The van der Waals surface area contributed by atoms with Gasteiger partial charge in [0.25, 0.3) is 0 Å². The van der Waals surface area contributed by atoms with Crippen LogP contribution in [0.3, 0.4) is 0 Å². The largest absolute Gasteiger partial charge is 0.394 e. The van der Waals surface area contributed by atoms with Crippen molar-refractivity contribution in [3.8, 4) is 0 Å². The number of rotatable bonds is 4. The number of fused-ring (bicyclic) bond motifs is 1. The maximum absolute atomic E-state index is 10.2. The van der Waals surface area contributed by atoms with Crippen molar-refractivity contribution >= 4 is 34.5 Å². The molecule has 2 aromatic heterocycles. The van der Waals surface area contributed by atoms with E-state index in [2.05, 4.69) is 16.5 Å². The van der Waals surface area contributed by atoms with Gasteiger partial charge in [0, 0.05) is 11.8 Å². The van der Waals surface area contributed by atoms with Gasteiger partial charge in [0.05, 0.1) is 12.0 Å². The van der Waals surface area contributed by atoms with E-state index in [1.807, 2.05) is 5.48 Å². The average Bonchev–Trinajstić information content (AvgIpc) is 3.03. The van der Waals surface area contributed by atoms with Crippen LogP contribution in [0.1, 0.15) is 18.7 Å². The first-order chi connectivity index (χ1) is 11.0. The van der Waals surface area contributed by atoms with Crippen molar-refractivity contribution in [2.24, 2.45) is 0 Å². The van der Waals surface area contributed by atoms with E-state index < -0.39 is 23.3 Å². The minimum Gasteiger partial charge on any atom is -0.394 e. The Labute approximate surface area is 136 Å². The zero-order chi connectivity index (χ0) is 16.8. The second-order valence-corrected chi connectivity index (χ2v) is 6.35. The molecule has 9 heteroatoms. The van der Waals surface area contributed by atoms with Gasteiger partial charge in [-0.05, 0) is 6.92 Å². The minimum atomic E-state index is -1.17. The maximum atomic E-state index is 10.2. The Morgan fingerprint density at radius 3 is 2.87 bits per heavy atom. The Balaban J connectivity index is 2.19. The summed E-state index contributed by atoms with van der Waals surface area (Å²) in [6.07, 6.45) is 1.94. The molecule has 0 spiro atoms. The third-order valence-electron chi connectivity index (χ3n) is 4.11. The van der Waals surface area contributed by atoms with Crippen LogP contribution in [-0.4, -0.2) is 53.6 Å². The van der Waals surface area contributed by atoms with Crippen molar-refractivity contribution < 1.29 is 20.2 Å². The molecule has 4 atom stereocenters. The lowest BCUT2D eigenvalue weighted by Crippen LogP contribution is -2.39. The van der Waals surface area contributed by atoms with Gasteiger partial charge in [0.2, 0.25) is 0 Å². The molecule has 0 aliphatic carbocycles. The molecule has 0 radical (unpaired) electrons. The first-order valence-corrected chi connectivity index (χ1v) is 7.34. The highest BCUT2D eigenvalue weighted by atomic mass is 35.5. The molecule has 8 nitrogen and oxygen atoms in total. The number of hydrogen-bond acceptors (Lipinski definition) is 7. The summed E-state index contributed by atoms with van der Waals surface area (Å²) in [7, 11) is 0. The maximum Gasteiger partial charge on any atom is 0.163 e.